The third-order valence-corrected chi connectivity index (χ3v) is 2.53. The van der Waals surface area contributed by atoms with E-state index in [1.165, 1.54) is 6.08 Å². The zero-order valence-electron chi connectivity index (χ0n) is 9.45. The van der Waals surface area contributed by atoms with Gasteiger partial charge in [0.15, 0.2) is 0 Å². The molecule has 0 atom stereocenters. The van der Waals surface area contributed by atoms with E-state index in [1.54, 1.807) is 6.08 Å². The van der Waals surface area contributed by atoms with Crippen molar-refractivity contribution in [3.63, 3.8) is 0 Å². The van der Waals surface area contributed by atoms with Crippen LogP contribution in [0.2, 0.25) is 0 Å². The molecule has 2 aromatic carbocycles. The summed E-state index contributed by atoms with van der Waals surface area (Å²) in [6.07, 6.45) is 2.85. The average molecular weight is 238 g/mol. The van der Waals surface area contributed by atoms with Crippen LogP contribution in [0, 0.1) is 0 Å². The molecule has 0 fully saturated rings. The molecular formula is C14H10N2O2. The van der Waals surface area contributed by atoms with E-state index in [2.05, 4.69) is 4.79 Å². The minimum atomic E-state index is -1.27. The van der Waals surface area contributed by atoms with Gasteiger partial charge in [-0.3, -0.25) is 0 Å². The molecule has 0 radical (unpaired) electrons. The van der Waals surface area contributed by atoms with Gasteiger partial charge in [0.2, 0.25) is 0 Å². The van der Waals surface area contributed by atoms with Gasteiger partial charge in [0.1, 0.15) is 0 Å². The quantitative estimate of drug-likeness (QED) is 0.507. The first kappa shape index (κ1) is 11.8. The molecule has 0 spiro atoms. The first-order chi connectivity index (χ1) is 8.70. The van der Waals surface area contributed by atoms with Gasteiger partial charge in [-0.2, -0.15) is 4.79 Å². The number of nitrogens with zero attached hydrogens (tertiary/aromatic N) is 2. The fraction of sp³-hybridized carbons (Fsp3) is 0. The zero-order chi connectivity index (χ0) is 13.0. The third kappa shape index (κ3) is 2.51. The van der Waals surface area contributed by atoms with Crippen LogP contribution >= 0.6 is 0 Å². The molecule has 88 valence electrons. The lowest BCUT2D eigenvalue weighted by Gasteiger charge is -1.98. The van der Waals surface area contributed by atoms with Crippen molar-refractivity contribution in [3.8, 4) is 0 Å². The van der Waals surface area contributed by atoms with Crippen LogP contribution in [0.3, 0.4) is 0 Å². The van der Waals surface area contributed by atoms with Crippen LogP contribution < -0.4 is 0 Å². The van der Waals surface area contributed by atoms with Gasteiger partial charge in [-0.1, -0.05) is 36.4 Å². The smallest absolute Gasteiger partial charge is 0.419 e. The minimum absolute atomic E-state index is 0.400. The number of hydrogen-bond acceptors (Lipinski definition) is 1. The summed E-state index contributed by atoms with van der Waals surface area (Å²) in [5.74, 6) is -1.27. The normalized spacial score (nSPS) is 10.4. The number of hydrogen-bond donors (Lipinski definition) is 1. The second kappa shape index (κ2) is 5.08. The number of carbonyl (C=O) groups is 1. The number of carboxylic acid groups (broad SMARTS) is 1. The first-order valence-corrected chi connectivity index (χ1v) is 5.33. The molecule has 1 N–H and O–H groups in total. The van der Waals surface area contributed by atoms with E-state index in [-0.39, 0.29) is 0 Å². The molecule has 2 rings (SSSR count). The van der Waals surface area contributed by atoms with Gasteiger partial charge < -0.3 is 10.6 Å². The van der Waals surface area contributed by atoms with Crippen LogP contribution in [-0.2, 0) is 4.79 Å². The second-order valence-corrected chi connectivity index (χ2v) is 3.73. The Hall–Kier alpha value is -2.71. The van der Waals surface area contributed by atoms with Crippen LogP contribution in [0.4, 0.5) is 0 Å². The molecule has 0 heterocycles. The zero-order valence-corrected chi connectivity index (χ0v) is 9.45. The lowest BCUT2D eigenvalue weighted by molar-refractivity contribution is -0.133. The Balaban J connectivity index is 2.35. The Morgan fingerprint density at radius 1 is 1.17 bits per heavy atom. The highest BCUT2D eigenvalue weighted by Gasteiger charge is 2.13. The maximum absolute atomic E-state index is 10.6. The molecule has 0 aromatic heterocycles. The molecule has 2 aromatic rings. The van der Waals surface area contributed by atoms with E-state index in [9.17, 15) is 4.79 Å². The summed E-state index contributed by atoms with van der Waals surface area (Å²) in [5, 5.41) is 10.9. The van der Waals surface area contributed by atoms with Gasteiger partial charge in [-0.15, -0.1) is 0 Å². The summed E-state index contributed by atoms with van der Waals surface area (Å²) in [4.78, 5) is 13.3. The largest absolute Gasteiger partial charge is 0.472 e. The van der Waals surface area contributed by atoms with E-state index < -0.39 is 11.7 Å². The maximum atomic E-state index is 10.6. The van der Waals surface area contributed by atoms with E-state index in [4.69, 9.17) is 10.6 Å². The topological polar surface area (TPSA) is 73.7 Å². The van der Waals surface area contributed by atoms with Crippen LogP contribution in [0.15, 0.2) is 48.5 Å². The Kier molecular flexibility index (Phi) is 3.32. The van der Waals surface area contributed by atoms with Gasteiger partial charge in [0.25, 0.3) is 0 Å². The molecule has 0 aliphatic rings. The van der Waals surface area contributed by atoms with Gasteiger partial charge in [-0.05, 0) is 28.5 Å². The highest BCUT2D eigenvalue weighted by molar-refractivity contribution is 6.38. The van der Waals surface area contributed by atoms with Crippen molar-refractivity contribution in [1.29, 1.82) is 0 Å². The van der Waals surface area contributed by atoms with Crippen LogP contribution in [0.1, 0.15) is 5.56 Å². The molecule has 0 saturated carbocycles. The fourth-order valence-electron chi connectivity index (χ4n) is 1.63. The van der Waals surface area contributed by atoms with E-state index in [1.807, 2.05) is 42.5 Å². The lowest BCUT2D eigenvalue weighted by Crippen LogP contribution is -2.10. The molecular weight excluding hydrogens is 228 g/mol. The van der Waals surface area contributed by atoms with Crippen molar-refractivity contribution in [3.05, 3.63) is 59.6 Å². The lowest BCUT2D eigenvalue weighted by atomic mass is 10.1. The van der Waals surface area contributed by atoms with Gasteiger partial charge in [0.05, 0.1) is 0 Å². The minimum Gasteiger partial charge on any atom is -0.472 e. The monoisotopic (exact) mass is 238 g/mol. The summed E-state index contributed by atoms with van der Waals surface area (Å²) in [6, 6.07) is 13.6. The summed E-state index contributed by atoms with van der Waals surface area (Å²) in [7, 11) is 0. The molecule has 0 unspecified atom stereocenters. The fourth-order valence-corrected chi connectivity index (χ4v) is 1.63. The SMILES string of the molecule is [N-]=[N+]=C(/C=C/c1ccc2ccccc2c1)C(=O)O. The predicted octanol–water partition coefficient (Wildman–Crippen LogP) is 2.61. The standard InChI is InChI=1S/C14H10N2O2/c15-16-13(14(17)18)8-6-10-5-7-11-3-1-2-4-12(11)9-10/h1-9H,(H,17,18)/b8-6+. The first-order valence-electron chi connectivity index (χ1n) is 5.33. The Bertz CT molecular complexity index is 683. The summed E-state index contributed by atoms with van der Waals surface area (Å²) >= 11 is 0. The third-order valence-electron chi connectivity index (χ3n) is 2.53. The van der Waals surface area contributed by atoms with Crippen molar-refractivity contribution in [2.24, 2.45) is 0 Å². The van der Waals surface area contributed by atoms with Gasteiger partial charge in [-0.25, -0.2) is 4.79 Å². The molecule has 0 bridgehead atoms. The van der Waals surface area contributed by atoms with Gasteiger partial charge >= 0.3 is 11.7 Å². The number of rotatable bonds is 3. The van der Waals surface area contributed by atoms with Crippen LogP contribution in [-0.4, -0.2) is 21.6 Å². The van der Waals surface area contributed by atoms with Crippen molar-refractivity contribution in [2.45, 2.75) is 0 Å². The number of carboxylic acids is 1. The predicted molar refractivity (Wildman–Crippen MR) is 69.2 cm³/mol. The molecule has 4 heteroatoms. The summed E-state index contributed by atoms with van der Waals surface area (Å²) < 4.78 is 0. The molecule has 0 aliphatic heterocycles. The molecule has 4 nitrogen and oxygen atoms in total. The van der Waals surface area contributed by atoms with E-state index in [0.717, 1.165) is 16.3 Å². The molecule has 0 aliphatic carbocycles. The van der Waals surface area contributed by atoms with Crippen molar-refractivity contribution in [2.75, 3.05) is 0 Å². The van der Waals surface area contributed by atoms with Gasteiger partial charge in [0, 0.05) is 6.08 Å². The second-order valence-electron chi connectivity index (χ2n) is 3.73. The number of benzene rings is 2. The molecule has 0 saturated heterocycles. The van der Waals surface area contributed by atoms with Crippen molar-refractivity contribution < 1.29 is 14.7 Å². The average Bonchev–Trinajstić information content (AvgIpc) is 2.39. The number of aliphatic carboxylic acids is 1. The summed E-state index contributed by atoms with van der Waals surface area (Å²) in [5.41, 5.74) is 8.95. The molecule has 0 amide bonds. The van der Waals surface area contributed by atoms with E-state index >= 15 is 0 Å². The highest BCUT2D eigenvalue weighted by Crippen LogP contribution is 2.16. The highest BCUT2D eigenvalue weighted by atomic mass is 16.4. The number of fused-ring (bicyclic) bond motifs is 1. The van der Waals surface area contributed by atoms with Crippen LogP contribution in [0.5, 0.6) is 0 Å². The maximum Gasteiger partial charge on any atom is 0.419 e. The summed E-state index contributed by atoms with van der Waals surface area (Å²) in [6.45, 7) is 0. The van der Waals surface area contributed by atoms with Crippen LogP contribution in [0.25, 0.3) is 22.4 Å². The Morgan fingerprint density at radius 3 is 2.56 bits per heavy atom. The van der Waals surface area contributed by atoms with E-state index in [0.29, 0.717) is 0 Å². The Morgan fingerprint density at radius 2 is 1.89 bits per heavy atom. The Labute approximate surface area is 103 Å². The van der Waals surface area contributed by atoms with Crippen molar-refractivity contribution >= 4 is 28.5 Å². The molecule has 18 heavy (non-hydrogen) atoms. The van der Waals surface area contributed by atoms with Crippen molar-refractivity contribution in [1.82, 2.24) is 0 Å².